The van der Waals surface area contributed by atoms with Gasteiger partial charge in [-0.25, -0.2) is 0 Å². The van der Waals surface area contributed by atoms with Gasteiger partial charge in [0.15, 0.2) is 0 Å². The van der Waals surface area contributed by atoms with Gasteiger partial charge in [-0.1, -0.05) is 18.2 Å². The highest BCUT2D eigenvalue weighted by Crippen LogP contribution is 2.42. The van der Waals surface area contributed by atoms with Gasteiger partial charge in [-0.3, -0.25) is 10.1 Å². The van der Waals surface area contributed by atoms with E-state index in [2.05, 4.69) is 28.1 Å². The van der Waals surface area contributed by atoms with Gasteiger partial charge in [-0.2, -0.15) is 0 Å². The van der Waals surface area contributed by atoms with Crippen LogP contribution in [0.1, 0.15) is 0 Å². The summed E-state index contributed by atoms with van der Waals surface area (Å²) in [7, 11) is 0. The van der Waals surface area contributed by atoms with Crippen molar-refractivity contribution in [2.75, 3.05) is 0 Å². The highest BCUT2D eigenvalue weighted by atomic mass is 79.9. The highest BCUT2D eigenvalue weighted by Gasteiger charge is 2.12. The quantitative estimate of drug-likeness (QED) is 0.475. The maximum Gasteiger partial charge on any atom is 0.269 e. The Balaban J connectivity index is 2.13. The summed E-state index contributed by atoms with van der Waals surface area (Å²) in [4.78, 5) is 11.4. The Hall–Kier alpha value is -1.72. The van der Waals surface area contributed by atoms with Crippen LogP contribution in [0.5, 0.6) is 0 Å². The SMILES string of the molecule is O=[N+]([O-])c1ccc(-c2sc3ccccc3c2Br)cc1. The first-order valence-corrected chi connectivity index (χ1v) is 7.19. The van der Waals surface area contributed by atoms with Crippen LogP contribution >= 0.6 is 27.3 Å². The number of benzene rings is 2. The van der Waals surface area contributed by atoms with Gasteiger partial charge in [0.2, 0.25) is 0 Å². The van der Waals surface area contributed by atoms with Crippen LogP contribution in [0.15, 0.2) is 53.0 Å². The van der Waals surface area contributed by atoms with Crippen molar-refractivity contribution in [3.63, 3.8) is 0 Å². The molecule has 5 heteroatoms. The van der Waals surface area contributed by atoms with Crippen LogP contribution in [-0.4, -0.2) is 4.92 Å². The molecule has 3 rings (SSSR count). The van der Waals surface area contributed by atoms with Crippen LogP contribution in [0.2, 0.25) is 0 Å². The molecule has 0 unspecified atom stereocenters. The van der Waals surface area contributed by atoms with Crippen molar-refractivity contribution >= 4 is 43.0 Å². The molecule has 3 nitrogen and oxygen atoms in total. The molecule has 0 aliphatic rings. The Kier molecular flexibility index (Phi) is 3.08. The second-order valence-corrected chi connectivity index (χ2v) is 5.89. The van der Waals surface area contributed by atoms with Gasteiger partial charge in [0, 0.05) is 31.6 Å². The van der Waals surface area contributed by atoms with Crippen molar-refractivity contribution in [3.05, 3.63) is 63.1 Å². The molecule has 0 radical (unpaired) electrons. The molecule has 1 heterocycles. The van der Waals surface area contributed by atoms with Gasteiger partial charge in [0.25, 0.3) is 5.69 Å². The first-order valence-electron chi connectivity index (χ1n) is 5.58. The molecule has 3 aromatic rings. The molecule has 0 amide bonds. The standard InChI is InChI=1S/C14H8BrNO2S/c15-13-11-3-1-2-4-12(11)19-14(13)9-5-7-10(8-6-9)16(17)18/h1-8H. The first-order chi connectivity index (χ1) is 9.16. The van der Waals surface area contributed by atoms with Crippen molar-refractivity contribution in [2.24, 2.45) is 0 Å². The fraction of sp³-hybridized carbons (Fsp3) is 0. The van der Waals surface area contributed by atoms with E-state index < -0.39 is 0 Å². The summed E-state index contributed by atoms with van der Waals surface area (Å²) < 4.78 is 2.24. The van der Waals surface area contributed by atoms with Crippen LogP contribution in [0.3, 0.4) is 0 Å². The lowest BCUT2D eigenvalue weighted by molar-refractivity contribution is -0.384. The Labute approximate surface area is 121 Å². The molecule has 0 fully saturated rings. The average Bonchev–Trinajstić information content (AvgIpc) is 2.77. The third kappa shape index (κ3) is 2.15. The van der Waals surface area contributed by atoms with Gasteiger partial charge >= 0.3 is 0 Å². The summed E-state index contributed by atoms with van der Waals surface area (Å²) in [5.74, 6) is 0. The minimum Gasteiger partial charge on any atom is -0.258 e. The molecule has 0 saturated carbocycles. The van der Waals surface area contributed by atoms with E-state index in [4.69, 9.17) is 0 Å². The van der Waals surface area contributed by atoms with E-state index in [-0.39, 0.29) is 10.6 Å². The average molecular weight is 334 g/mol. The third-order valence-corrected chi connectivity index (χ3v) is 5.18. The van der Waals surface area contributed by atoms with Crippen LogP contribution in [0, 0.1) is 10.1 Å². The second-order valence-electron chi connectivity index (χ2n) is 4.05. The van der Waals surface area contributed by atoms with Crippen LogP contribution in [0.25, 0.3) is 20.5 Å². The highest BCUT2D eigenvalue weighted by molar-refractivity contribution is 9.10. The predicted molar refractivity (Wildman–Crippen MR) is 81.6 cm³/mol. The summed E-state index contributed by atoms with van der Waals surface area (Å²) in [6, 6.07) is 14.8. The number of hydrogen-bond donors (Lipinski definition) is 0. The molecule has 1 aromatic heterocycles. The molecule has 0 atom stereocenters. The Morgan fingerprint density at radius 1 is 1.05 bits per heavy atom. The van der Waals surface area contributed by atoms with E-state index in [0.717, 1.165) is 14.9 Å². The minimum absolute atomic E-state index is 0.112. The zero-order chi connectivity index (χ0) is 13.4. The van der Waals surface area contributed by atoms with E-state index in [1.807, 2.05) is 12.1 Å². The fourth-order valence-electron chi connectivity index (χ4n) is 1.93. The normalized spacial score (nSPS) is 10.8. The van der Waals surface area contributed by atoms with Gasteiger partial charge in [-0.15, -0.1) is 11.3 Å². The molecule has 2 aromatic carbocycles. The molecule has 0 spiro atoms. The summed E-state index contributed by atoms with van der Waals surface area (Å²) in [6.07, 6.45) is 0. The van der Waals surface area contributed by atoms with Gasteiger partial charge < -0.3 is 0 Å². The van der Waals surface area contributed by atoms with Crippen molar-refractivity contribution in [3.8, 4) is 10.4 Å². The van der Waals surface area contributed by atoms with Crippen LogP contribution in [-0.2, 0) is 0 Å². The van der Waals surface area contributed by atoms with E-state index in [1.54, 1.807) is 23.5 Å². The van der Waals surface area contributed by atoms with Gasteiger partial charge in [-0.05, 0) is 39.7 Å². The molecule has 0 saturated heterocycles. The molecule has 0 bridgehead atoms. The number of fused-ring (bicyclic) bond motifs is 1. The summed E-state index contributed by atoms with van der Waals surface area (Å²) in [6.45, 7) is 0. The van der Waals surface area contributed by atoms with Crippen molar-refractivity contribution in [1.29, 1.82) is 0 Å². The van der Waals surface area contributed by atoms with Crippen LogP contribution in [0.4, 0.5) is 5.69 Å². The lowest BCUT2D eigenvalue weighted by Crippen LogP contribution is -1.86. The van der Waals surface area contributed by atoms with Crippen molar-refractivity contribution in [1.82, 2.24) is 0 Å². The summed E-state index contributed by atoms with van der Waals surface area (Å²) in [5, 5.41) is 11.8. The van der Waals surface area contributed by atoms with Gasteiger partial charge in [0.1, 0.15) is 0 Å². The lowest BCUT2D eigenvalue weighted by Gasteiger charge is -1.98. The zero-order valence-corrected chi connectivity index (χ0v) is 12.1. The number of halogens is 1. The van der Waals surface area contributed by atoms with Crippen molar-refractivity contribution in [2.45, 2.75) is 0 Å². The maximum absolute atomic E-state index is 10.7. The number of hydrogen-bond acceptors (Lipinski definition) is 3. The maximum atomic E-state index is 10.7. The smallest absolute Gasteiger partial charge is 0.258 e. The summed E-state index contributed by atoms with van der Waals surface area (Å²) >= 11 is 5.29. The fourth-order valence-corrected chi connectivity index (χ4v) is 3.98. The largest absolute Gasteiger partial charge is 0.269 e. The van der Waals surface area contributed by atoms with Crippen LogP contribution < -0.4 is 0 Å². The number of nitro benzene ring substituents is 1. The molecule has 19 heavy (non-hydrogen) atoms. The molecule has 94 valence electrons. The third-order valence-electron chi connectivity index (χ3n) is 2.88. The lowest BCUT2D eigenvalue weighted by atomic mass is 10.1. The zero-order valence-electron chi connectivity index (χ0n) is 9.67. The predicted octanol–water partition coefficient (Wildman–Crippen LogP) is 5.24. The number of thiophene rings is 1. The van der Waals surface area contributed by atoms with E-state index >= 15 is 0 Å². The second kappa shape index (κ2) is 4.75. The Morgan fingerprint density at radius 2 is 1.74 bits per heavy atom. The molecule has 0 aliphatic carbocycles. The van der Waals surface area contributed by atoms with Crippen molar-refractivity contribution < 1.29 is 4.92 Å². The molecular weight excluding hydrogens is 326 g/mol. The van der Waals surface area contributed by atoms with E-state index in [1.165, 1.54) is 22.2 Å². The number of rotatable bonds is 2. The molecular formula is C14H8BrNO2S. The molecule has 0 N–H and O–H groups in total. The summed E-state index contributed by atoms with van der Waals surface area (Å²) in [5.41, 5.74) is 1.10. The number of non-ortho nitro benzene ring substituents is 1. The number of nitrogens with zero attached hydrogens (tertiary/aromatic N) is 1. The monoisotopic (exact) mass is 333 g/mol. The Bertz CT molecular complexity index is 765. The Morgan fingerprint density at radius 3 is 2.37 bits per heavy atom. The van der Waals surface area contributed by atoms with Gasteiger partial charge in [0.05, 0.1) is 4.92 Å². The topological polar surface area (TPSA) is 43.1 Å². The van der Waals surface area contributed by atoms with E-state index in [0.29, 0.717) is 0 Å². The van der Waals surface area contributed by atoms with E-state index in [9.17, 15) is 10.1 Å². The first kappa shape index (κ1) is 12.3. The minimum atomic E-state index is -0.385. The number of nitro groups is 1. The molecule has 0 aliphatic heterocycles.